The van der Waals surface area contributed by atoms with Gasteiger partial charge in [-0.2, -0.15) is 15.0 Å². The molecule has 3 heterocycles. The van der Waals surface area contributed by atoms with Crippen LogP contribution in [0.3, 0.4) is 0 Å². The summed E-state index contributed by atoms with van der Waals surface area (Å²) in [6, 6.07) is 14.9. The number of ether oxygens (including phenoxy) is 2. The molecule has 2 aliphatic rings. The second kappa shape index (κ2) is 10.3. The molecule has 1 aromatic heterocycles. The fourth-order valence-corrected chi connectivity index (χ4v) is 4.17. The van der Waals surface area contributed by atoms with Gasteiger partial charge >= 0.3 is 0 Å². The van der Waals surface area contributed by atoms with Gasteiger partial charge in [-0.1, -0.05) is 35.9 Å². The van der Waals surface area contributed by atoms with Gasteiger partial charge < -0.3 is 25.4 Å². The summed E-state index contributed by atoms with van der Waals surface area (Å²) in [4.78, 5) is 29.9. The number of aromatic nitrogens is 3. The zero-order valence-corrected chi connectivity index (χ0v) is 19.8. The maximum Gasteiger partial charge on any atom is 0.267 e. The molecule has 1 amide bonds. The van der Waals surface area contributed by atoms with Crippen LogP contribution in [0.1, 0.15) is 11.4 Å². The van der Waals surface area contributed by atoms with E-state index >= 15 is 0 Å². The zero-order valence-electron chi connectivity index (χ0n) is 19.1. The van der Waals surface area contributed by atoms with E-state index in [9.17, 15) is 4.79 Å². The molecule has 3 N–H and O–H groups in total. The van der Waals surface area contributed by atoms with Crippen molar-refractivity contribution in [1.82, 2.24) is 24.8 Å². The van der Waals surface area contributed by atoms with E-state index in [1.165, 1.54) is 0 Å². The fraction of sp³-hybridized carbons (Fsp3) is 0.333. The van der Waals surface area contributed by atoms with Crippen LogP contribution in [0.4, 0.5) is 11.9 Å². The number of carbonyl (C=O) groups excluding carboxylic acids is 1. The molecule has 0 bridgehead atoms. The highest BCUT2D eigenvalue weighted by Crippen LogP contribution is 2.31. The van der Waals surface area contributed by atoms with Gasteiger partial charge in [0, 0.05) is 37.7 Å². The number of hydrogen-bond acceptors (Lipinski definition) is 9. The first-order valence-corrected chi connectivity index (χ1v) is 11.8. The molecule has 2 aliphatic heterocycles. The van der Waals surface area contributed by atoms with Gasteiger partial charge in [-0.25, -0.2) is 0 Å². The van der Waals surface area contributed by atoms with E-state index in [4.69, 9.17) is 26.8 Å². The number of amides is 1. The minimum atomic E-state index is -0.631. The minimum absolute atomic E-state index is 0.0581. The summed E-state index contributed by atoms with van der Waals surface area (Å²) in [6.07, 6.45) is -0.631. The standard InChI is InChI=1S/C24H26ClN7O3/c25-17-7-5-16(6-8-17)13-27-24-29-21(28-23(26)30-24)14-31-9-11-32(12-10-31)22(33)20-15-34-18-3-1-2-4-19(18)35-20/h1-8,20H,9-15H2,(H3,26,27,28,29,30). The zero-order chi connectivity index (χ0) is 24.2. The van der Waals surface area contributed by atoms with E-state index in [0.29, 0.717) is 67.6 Å². The number of nitrogen functional groups attached to an aromatic ring is 1. The van der Waals surface area contributed by atoms with Crippen LogP contribution in [-0.4, -0.2) is 69.5 Å². The third kappa shape index (κ3) is 5.72. The Labute approximate surface area is 208 Å². The van der Waals surface area contributed by atoms with E-state index in [0.717, 1.165) is 5.56 Å². The highest BCUT2D eigenvalue weighted by atomic mass is 35.5. The molecule has 35 heavy (non-hydrogen) atoms. The third-order valence-corrected chi connectivity index (χ3v) is 6.15. The van der Waals surface area contributed by atoms with Crippen LogP contribution in [0.25, 0.3) is 0 Å². The van der Waals surface area contributed by atoms with Crippen molar-refractivity contribution in [3.05, 3.63) is 64.9 Å². The van der Waals surface area contributed by atoms with Gasteiger partial charge in [-0.15, -0.1) is 0 Å². The maximum atomic E-state index is 13.0. The lowest BCUT2D eigenvalue weighted by molar-refractivity contribution is -0.143. The van der Waals surface area contributed by atoms with Gasteiger partial charge in [-0.05, 0) is 29.8 Å². The number of carbonyl (C=O) groups is 1. The first-order chi connectivity index (χ1) is 17.0. The number of benzene rings is 2. The van der Waals surface area contributed by atoms with Gasteiger partial charge in [0.1, 0.15) is 12.4 Å². The Kier molecular flexibility index (Phi) is 6.82. The summed E-state index contributed by atoms with van der Waals surface area (Å²) in [6.45, 7) is 3.82. The Hall–Kier alpha value is -3.63. The summed E-state index contributed by atoms with van der Waals surface area (Å²) >= 11 is 5.94. The number of halogens is 1. The number of para-hydroxylation sites is 2. The smallest absolute Gasteiger partial charge is 0.267 e. The molecule has 0 aliphatic carbocycles. The van der Waals surface area contributed by atoms with Crippen molar-refractivity contribution >= 4 is 29.4 Å². The molecule has 1 saturated heterocycles. The predicted octanol–water partition coefficient (Wildman–Crippen LogP) is 2.20. The topological polar surface area (TPSA) is 119 Å². The number of fused-ring (bicyclic) bond motifs is 1. The average molecular weight is 496 g/mol. The molecule has 3 aromatic rings. The Balaban J connectivity index is 1.13. The molecule has 1 unspecified atom stereocenters. The minimum Gasteiger partial charge on any atom is -0.485 e. The predicted molar refractivity (Wildman–Crippen MR) is 131 cm³/mol. The molecule has 11 heteroatoms. The number of nitrogens with one attached hydrogen (secondary N) is 1. The largest absolute Gasteiger partial charge is 0.485 e. The Morgan fingerprint density at radius 3 is 2.54 bits per heavy atom. The molecule has 0 spiro atoms. The van der Waals surface area contributed by atoms with Crippen molar-refractivity contribution in [1.29, 1.82) is 0 Å². The van der Waals surface area contributed by atoms with Crippen molar-refractivity contribution < 1.29 is 14.3 Å². The first kappa shape index (κ1) is 23.1. The van der Waals surface area contributed by atoms with Crippen LogP contribution in [0.15, 0.2) is 48.5 Å². The normalized spacial score (nSPS) is 17.7. The van der Waals surface area contributed by atoms with Crippen molar-refractivity contribution in [2.45, 2.75) is 19.2 Å². The van der Waals surface area contributed by atoms with Crippen molar-refractivity contribution in [3.63, 3.8) is 0 Å². The molecule has 5 rings (SSSR count). The molecule has 2 aromatic carbocycles. The van der Waals surface area contributed by atoms with E-state index in [2.05, 4.69) is 25.2 Å². The molecule has 0 radical (unpaired) electrons. The van der Waals surface area contributed by atoms with Crippen LogP contribution in [0, 0.1) is 0 Å². The summed E-state index contributed by atoms with van der Waals surface area (Å²) in [7, 11) is 0. The van der Waals surface area contributed by atoms with Crippen molar-refractivity contribution in [2.75, 3.05) is 43.8 Å². The maximum absolute atomic E-state index is 13.0. The lowest BCUT2D eigenvalue weighted by Gasteiger charge is -2.36. The van der Waals surface area contributed by atoms with E-state index in [-0.39, 0.29) is 18.5 Å². The number of anilines is 2. The molecule has 1 fully saturated rings. The fourth-order valence-electron chi connectivity index (χ4n) is 4.04. The summed E-state index contributed by atoms with van der Waals surface area (Å²) in [5.41, 5.74) is 6.96. The number of rotatable bonds is 6. The molecular formula is C24H26ClN7O3. The Morgan fingerprint density at radius 1 is 1.03 bits per heavy atom. The number of nitrogens with two attached hydrogens (primary N) is 1. The number of piperazine rings is 1. The quantitative estimate of drug-likeness (QED) is 0.530. The summed E-state index contributed by atoms with van der Waals surface area (Å²) < 4.78 is 11.6. The van der Waals surface area contributed by atoms with E-state index in [1.54, 1.807) is 0 Å². The highest BCUT2D eigenvalue weighted by Gasteiger charge is 2.32. The van der Waals surface area contributed by atoms with Gasteiger partial charge in [-0.3, -0.25) is 9.69 Å². The van der Waals surface area contributed by atoms with E-state index < -0.39 is 6.10 Å². The van der Waals surface area contributed by atoms with Gasteiger partial charge in [0.25, 0.3) is 5.91 Å². The van der Waals surface area contributed by atoms with E-state index in [1.807, 2.05) is 53.4 Å². The Bertz CT molecular complexity index is 1190. The highest BCUT2D eigenvalue weighted by molar-refractivity contribution is 6.30. The van der Waals surface area contributed by atoms with Gasteiger partial charge in [0.05, 0.1) is 6.54 Å². The second-order valence-electron chi connectivity index (χ2n) is 8.38. The van der Waals surface area contributed by atoms with Crippen LogP contribution in [-0.2, 0) is 17.9 Å². The monoisotopic (exact) mass is 495 g/mol. The molecule has 1 atom stereocenters. The van der Waals surface area contributed by atoms with Crippen molar-refractivity contribution in [2.24, 2.45) is 0 Å². The second-order valence-corrected chi connectivity index (χ2v) is 8.82. The van der Waals surface area contributed by atoms with Crippen LogP contribution in [0.5, 0.6) is 11.5 Å². The van der Waals surface area contributed by atoms with Crippen LogP contribution < -0.4 is 20.5 Å². The van der Waals surface area contributed by atoms with Gasteiger partial charge in [0.15, 0.2) is 11.5 Å². The molecule has 10 nitrogen and oxygen atoms in total. The molecule has 0 saturated carbocycles. The summed E-state index contributed by atoms with van der Waals surface area (Å²) in [5, 5.41) is 3.87. The number of nitrogens with zero attached hydrogens (tertiary/aromatic N) is 5. The van der Waals surface area contributed by atoms with Crippen molar-refractivity contribution in [3.8, 4) is 11.5 Å². The average Bonchev–Trinajstić information content (AvgIpc) is 2.88. The number of hydrogen-bond donors (Lipinski definition) is 2. The summed E-state index contributed by atoms with van der Waals surface area (Å²) in [5.74, 6) is 2.38. The third-order valence-electron chi connectivity index (χ3n) is 5.90. The Morgan fingerprint density at radius 2 is 1.77 bits per heavy atom. The lowest BCUT2D eigenvalue weighted by atomic mass is 10.2. The molecular weight excluding hydrogens is 470 g/mol. The lowest BCUT2D eigenvalue weighted by Crippen LogP contribution is -2.53. The first-order valence-electron chi connectivity index (χ1n) is 11.4. The molecule has 182 valence electrons. The SMILES string of the molecule is Nc1nc(CN2CCN(C(=O)C3COc4ccccc4O3)CC2)nc(NCc2ccc(Cl)cc2)n1. The van der Waals surface area contributed by atoms with Gasteiger partial charge in [0.2, 0.25) is 18.0 Å². The van der Waals surface area contributed by atoms with Crippen LogP contribution >= 0.6 is 11.6 Å². The van der Waals surface area contributed by atoms with Crippen LogP contribution in [0.2, 0.25) is 5.02 Å².